The summed E-state index contributed by atoms with van der Waals surface area (Å²) in [5.74, 6) is 2.63. The van der Waals surface area contributed by atoms with E-state index in [9.17, 15) is 0 Å². The summed E-state index contributed by atoms with van der Waals surface area (Å²) in [5.41, 5.74) is 0.982. The van der Waals surface area contributed by atoms with Crippen molar-refractivity contribution in [3.05, 3.63) is 11.4 Å². The number of nitrogens with zero attached hydrogens (tertiary/aromatic N) is 2. The number of anilines is 2. The molecule has 1 rings (SSSR count). The number of aromatic nitrogens is 2. The molecule has 1 aromatic heterocycles. The first kappa shape index (κ1) is 15.7. The molecule has 0 aliphatic carbocycles. The van der Waals surface area contributed by atoms with E-state index in [1.807, 2.05) is 14.0 Å². The average Bonchev–Trinajstić information content (AvgIpc) is 2.35. The summed E-state index contributed by atoms with van der Waals surface area (Å²) in [6, 6.07) is 0. The molecule has 108 valence electrons. The average molecular weight is 266 g/mol. The topological polar surface area (TPSA) is 59.1 Å². The highest BCUT2D eigenvalue weighted by Crippen LogP contribution is 2.25. The van der Waals surface area contributed by atoms with Crippen LogP contribution in [0.25, 0.3) is 0 Å². The number of nitrogens with one attached hydrogen (secondary N) is 2. The maximum absolute atomic E-state index is 5.05. The van der Waals surface area contributed by atoms with Crippen molar-refractivity contribution in [3.8, 4) is 0 Å². The van der Waals surface area contributed by atoms with Gasteiger partial charge >= 0.3 is 0 Å². The Hall–Kier alpha value is -1.36. The Bertz CT molecular complexity index is 413. The van der Waals surface area contributed by atoms with Gasteiger partial charge in [-0.25, -0.2) is 9.97 Å². The molecule has 0 fully saturated rings. The van der Waals surface area contributed by atoms with Gasteiger partial charge in [0.2, 0.25) is 0 Å². The molecule has 0 saturated heterocycles. The summed E-state index contributed by atoms with van der Waals surface area (Å²) in [5, 5.41) is 6.50. The van der Waals surface area contributed by atoms with Crippen LogP contribution in [-0.2, 0) is 10.2 Å². The van der Waals surface area contributed by atoms with E-state index in [4.69, 9.17) is 4.74 Å². The molecule has 0 atom stereocenters. The van der Waals surface area contributed by atoms with Gasteiger partial charge in [-0.05, 0) is 13.3 Å². The van der Waals surface area contributed by atoms with Crippen LogP contribution in [-0.4, -0.2) is 37.3 Å². The van der Waals surface area contributed by atoms with Crippen LogP contribution in [0.3, 0.4) is 0 Å². The molecule has 0 unspecified atom stereocenters. The minimum absolute atomic E-state index is 0.0672. The first-order valence-corrected chi connectivity index (χ1v) is 6.69. The molecule has 2 N–H and O–H groups in total. The molecular weight excluding hydrogens is 240 g/mol. The summed E-state index contributed by atoms with van der Waals surface area (Å²) in [6.45, 7) is 9.97. The largest absolute Gasteiger partial charge is 0.385 e. The second-order valence-corrected chi connectivity index (χ2v) is 5.64. The van der Waals surface area contributed by atoms with Crippen molar-refractivity contribution >= 4 is 11.6 Å². The minimum Gasteiger partial charge on any atom is -0.385 e. The Labute approximate surface area is 116 Å². The smallest absolute Gasteiger partial charge is 0.138 e. The highest BCUT2D eigenvalue weighted by molar-refractivity contribution is 5.57. The molecule has 0 radical (unpaired) electrons. The van der Waals surface area contributed by atoms with E-state index in [1.54, 1.807) is 7.11 Å². The zero-order chi connectivity index (χ0) is 14.5. The summed E-state index contributed by atoms with van der Waals surface area (Å²) in [6.07, 6.45) is 0.958. The van der Waals surface area contributed by atoms with Gasteiger partial charge in [-0.3, -0.25) is 0 Å². The fraction of sp³-hybridized carbons (Fsp3) is 0.714. The van der Waals surface area contributed by atoms with Gasteiger partial charge in [-0.1, -0.05) is 20.8 Å². The van der Waals surface area contributed by atoms with Crippen molar-refractivity contribution in [2.24, 2.45) is 0 Å². The van der Waals surface area contributed by atoms with E-state index < -0.39 is 0 Å². The number of ether oxygens (including phenoxy) is 1. The predicted octanol–water partition coefficient (Wildman–Crippen LogP) is 2.57. The van der Waals surface area contributed by atoms with Crippen LogP contribution < -0.4 is 10.6 Å². The lowest BCUT2D eigenvalue weighted by molar-refractivity contribution is 0.197. The summed E-state index contributed by atoms with van der Waals surface area (Å²) >= 11 is 0. The summed E-state index contributed by atoms with van der Waals surface area (Å²) < 4.78 is 5.05. The molecule has 5 heteroatoms. The summed E-state index contributed by atoms with van der Waals surface area (Å²) in [7, 11) is 3.60. The van der Waals surface area contributed by atoms with Crippen LogP contribution in [0, 0.1) is 6.92 Å². The van der Waals surface area contributed by atoms with Gasteiger partial charge in [0.15, 0.2) is 0 Å². The van der Waals surface area contributed by atoms with Gasteiger partial charge in [-0.2, -0.15) is 0 Å². The van der Waals surface area contributed by atoms with Crippen molar-refractivity contribution in [1.29, 1.82) is 0 Å². The van der Waals surface area contributed by atoms with Crippen LogP contribution >= 0.6 is 0 Å². The molecule has 1 aromatic rings. The van der Waals surface area contributed by atoms with Gasteiger partial charge in [0.25, 0.3) is 0 Å². The van der Waals surface area contributed by atoms with E-state index in [-0.39, 0.29) is 5.41 Å². The zero-order valence-corrected chi connectivity index (χ0v) is 12.9. The maximum Gasteiger partial charge on any atom is 0.138 e. The molecule has 0 aromatic carbocycles. The SMILES string of the molecule is CNc1nc(C(C)(C)C)nc(NCCCOC)c1C. The van der Waals surface area contributed by atoms with Gasteiger partial charge < -0.3 is 15.4 Å². The highest BCUT2D eigenvalue weighted by Gasteiger charge is 2.20. The lowest BCUT2D eigenvalue weighted by Crippen LogP contribution is -2.19. The fourth-order valence-corrected chi connectivity index (χ4v) is 1.69. The van der Waals surface area contributed by atoms with Crippen LogP contribution in [0.4, 0.5) is 11.6 Å². The first-order chi connectivity index (χ1) is 8.90. The monoisotopic (exact) mass is 266 g/mol. The van der Waals surface area contributed by atoms with Crippen LogP contribution in [0.2, 0.25) is 0 Å². The van der Waals surface area contributed by atoms with E-state index in [2.05, 4.69) is 41.4 Å². The molecule has 1 heterocycles. The molecule has 0 saturated carbocycles. The third kappa shape index (κ3) is 4.35. The Kier molecular flexibility index (Phi) is 5.54. The fourth-order valence-electron chi connectivity index (χ4n) is 1.69. The van der Waals surface area contributed by atoms with Crippen LogP contribution in [0.15, 0.2) is 0 Å². The van der Waals surface area contributed by atoms with E-state index >= 15 is 0 Å². The Morgan fingerprint density at radius 1 is 1.16 bits per heavy atom. The lowest BCUT2D eigenvalue weighted by Gasteiger charge is -2.20. The number of rotatable bonds is 6. The van der Waals surface area contributed by atoms with Crippen molar-refractivity contribution in [3.63, 3.8) is 0 Å². The molecule has 0 aliphatic rings. The van der Waals surface area contributed by atoms with E-state index in [1.165, 1.54) is 0 Å². The molecule has 0 aliphatic heterocycles. The number of methoxy groups -OCH3 is 1. The molecule has 5 nitrogen and oxygen atoms in total. The molecular formula is C14H26N4O. The van der Waals surface area contributed by atoms with Crippen molar-refractivity contribution in [1.82, 2.24) is 9.97 Å². The van der Waals surface area contributed by atoms with E-state index in [0.29, 0.717) is 0 Å². The van der Waals surface area contributed by atoms with Gasteiger partial charge in [0.05, 0.1) is 0 Å². The zero-order valence-electron chi connectivity index (χ0n) is 12.9. The molecule has 0 bridgehead atoms. The number of hydrogen-bond donors (Lipinski definition) is 2. The molecule has 0 amide bonds. The molecule has 19 heavy (non-hydrogen) atoms. The molecule has 0 spiro atoms. The van der Waals surface area contributed by atoms with Crippen molar-refractivity contribution in [2.45, 2.75) is 39.5 Å². The Balaban J connectivity index is 2.95. The Morgan fingerprint density at radius 2 is 1.79 bits per heavy atom. The van der Waals surface area contributed by atoms with Crippen LogP contribution in [0.1, 0.15) is 38.6 Å². The third-order valence-corrected chi connectivity index (χ3v) is 2.87. The first-order valence-electron chi connectivity index (χ1n) is 6.69. The second-order valence-electron chi connectivity index (χ2n) is 5.64. The third-order valence-electron chi connectivity index (χ3n) is 2.87. The normalized spacial score (nSPS) is 11.5. The highest BCUT2D eigenvalue weighted by atomic mass is 16.5. The van der Waals surface area contributed by atoms with Crippen molar-refractivity contribution < 1.29 is 4.74 Å². The summed E-state index contributed by atoms with van der Waals surface area (Å²) in [4.78, 5) is 9.23. The van der Waals surface area contributed by atoms with Gasteiger partial charge in [0.1, 0.15) is 17.5 Å². The minimum atomic E-state index is -0.0672. The maximum atomic E-state index is 5.05. The van der Waals surface area contributed by atoms with Crippen molar-refractivity contribution in [2.75, 3.05) is 37.9 Å². The standard InChI is InChI=1S/C14H26N4O/c1-10-11(15-5)17-13(14(2,3)4)18-12(10)16-8-7-9-19-6/h7-9H2,1-6H3,(H2,15,16,17,18). The van der Waals surface area contributed by atoms with Gasteiger partial charge in [0, 0.05) is 38.3 Å². The predicted molar refractivity (Wildman–Crippen MR) is 80.0 cm³/mol. The Morgan fingerprint density at radius 3 is 2.32 bits per heavy atom. The van der Waals surface area contributed by atoms with Gasteiger partial charge in [-0.15, -0.1) is 0 Å². The second kappa shape index (κ2) is 6.70. The van der Waals surface area contributed by atoms with Crippen LogP contribution in [0.5, 0.6) is 0 Å². The van der Waals surface area contributed by atoms with E-state index in [0.717, 1.165) is 42.6 Å². The number of hydrogen-bond acceptors (Lipinski definition) is 5. The quantitative estimate of drug-likeness (QED) is 0.775. The lowest BCUT2D eigenvalue weighted by atomic mass is 9.95.